The van der Waals surface area contributed by atoms with Gasteiger partial charge in [0, 0.05) is 19.6 Å². The van der Waals surface area contributed by atoms with Crippen LogP contribution in [0.2, 0.25) is 0 Å². The van der Waals surface area contributed by atoms with Gasteiger partial charge in [-0.15, -0.1) is 0 Å². The fraction of sp³-hybridized carbons (Fsp3) is 0.562. The summed E-state index contributed by atoms with van der Waals surface area (Å²) in [6.45, 7) is 6.87. The van der Waals surface area contributed by atoms with Crippen LogP contribution in [0, 0.1) is 12.8 Å². The summed E-state index contributed by atoms with van der Waals surface area (Å²) in [7, 11) is 0. The standard InChI is InChI=1S/C16H24N2O/c1-13-7-10-18(11-8-13)16(19)17-9-6-15-5-3-4-14(2)12-15/h3-5,12-13H,6-11H2,1-2H3,(H,17,19). The summed E-state index contributed by atoms with van der Waals surface area (Å²) in [5, 5.41) is 3.02. The Bertz CT molecular complexity index is 423. The normalized spacial score (nSPS) is 16.4. The highest BCUT2D eigenvalue weighted by Gasteiger charge is 2.19. The molecule has 1 aliphatic rings. The number of carbonyl (C=O) groups is 1. The molecule has 0 aliphatic carbocycles. The largest absolute Gasteiger partial charge is 0.338 e. The fourth-order valence-electron chi connectivity index (χ4n) is 2.50. The molecule has 104 valence electrons. The molecule has 0 atom stereocenters. The number of urea groups is 1. The predicted molar refractivity (Wildman–Crippen MR) is 78.3 cm³/mol. The van der Waals surface area contributed by atoms with Crippen LogP contribution >= 0.6 is 0 Å². The lowest BCUT2D eigenvalue weighted by Crippen LogP contribution is -2.44. The molecule has 1 fully saturated rings. The lowest BCUT2D eigenvalue weighted by molar-refractivity contribution is 0.174. The number of amides is 2. The van der Waals surface area contributed by atoms with Crippen molar-refractivity contribution in [2.45, 2.75) is 33.1 Å². The monoisotopic (exact) mass is 260 g/mol. The van der Waals surface area contributed by atoms with Gasteiger partial charge in [-0.1, -0.05) is 36.8 Å². The number of hydrogen-bond acceptors (Lipinski definition) is 1. The lowest BCUT2D eigenvalue weighted by atomic mass is 10.00. The molecule has 1 saturated heterocycles. The quantitative estimate of drug-likeness (QED) is 0.890. The van der Waals surface area contributed by atoms with E-state index in [1.165, 1.54) is 11.1 Å². The number of likely N-dealkylation sites (tertiary alicyclic amines) is 1. The van der Waals surface area contributed by atoms with Crippen LogP contribution in [-0.2, 0) is 6.42 Å². The predicted octanol–water partition coefficient (Wildman–Crippen LogP) is 2.98. The van der Waals surface area contributed by atoms with Gasteiger partial charge in [-0.05, 0) is 37.7 Å². The number of carbonyl (C=O) groups excluding carboxylic acids is 1. The van der Waals surface area contributed by atoms with Crippen molar-refractivity contribution in [2.24, 2.45) is 5.92 Å². The minimum atomic E-state index is 0.0968. The van der Waals surface area contributed by atoms with Crippen molar-refractivity contribution in [2.75, 3.05) is 19.6 Å². The van der Waals surface area contributed by atoms with Gasteiger partial charge < -0.3 is 10.2 Å². The second-order valence-electron chi connectivity index (χ2n) is 5.64. The molecule has 19 heavy (non-hydrogen) atoms. The van der Waals surface area contributed by atoms with E-state index in [9.17, 15) is 4.79 Å². The van der Waals surface area contributed by atoms with Gasteiger partial charge >= 0.3 is 6.03 Å². The Kier molecular flexibility index (Phi) is 4.83. The zero-order valence-corrected chi connectivity index (χ0v) is 12.0. The highest BCUT2D eigenvalue weighted by Crippen LogP contribution is 2.15. The molecule has 1 aliphatic heterocycles. The Labute approximate surface area is 116 Å². The molecule has 0 unspecified atom stereocenters. The first kappa shape index (κ1) is 13.9. The Morgan fingerprint density at radius 1 is 1.37 bits per heavy atom. The number of benzene rings is 1. The molecule has 1 N–H and O–H groups in total. The van der Waals surface area contributed by atoms with Gasteiger partial charge in [0.2, 0.25) is 0 Å². The molecule has 1 heterocycles. The molecule has 2 rings (SSSR count). The molecule has 1 aromatic carbocycles. The Morgan fingerprint density at radius 2 is 2.11 bits per heavy atom. The molecule has 3 heteroatoms. The van der Waals surface area contributed by atoms with Crippen molar-refractivity contribution >= 4 is 6.03 Å². The molecular weight excluding hydrogens is 236 g/mol. The van der Waals surface area contributed by atoms with E-state index >= 15 is 0 Å². The summed E-state index contributed by atoms with van der Waals surface area (Å²) < 4.78 is 0. The summed E-state index contributed by atoms with van der Waals surface area (Å²) in [5.74, 6) is 0.761. The number of nitrogens with one attached hydrogen (secondary N) is 1. The number of rotatable bonds is 3. The van der Waals surface area contributed by atoms with Gasteiger partial charge in [-0.25, -0.2) is 4.79 Å². The van der Waals surface area contributed by atoms with E-state index < -0.39 is 0 Å². The second-order valence-corrected chi connectivity index (χ2v) is 5.64. The van der Waals surface area contributed by atoms with Gasteiger partial charge in [0.1, 0.15) is 0 Å². The Balaban J connectivity index is 1.72. The van der Waals surface area contributed by atoms with Gasteiger partial charge in [-0.3, -0.25) is 0 Å². The Morgan fingerprint density at radius 3 is 2.79 bits per heavy atom. The van der Waals surface area contributed by atoms with Crippen molar-refractivity contribution in [1.29, 1.82) is 0 Å². The molecule has 2 amide bonds. The van der Waals surface area contributed by atoms with Crippen LogP contribution in [-0.4, -0.2) is 30.6 Å². The van der Waals surface area contributed by atoms with Crippen molar-refractivity contribution in [3.63, 3.8) is 0 Å². The maximum atomic E-state index is 12.0. The zero-order chi connectivity index (χ0) is 13.7. The van der Waals surface area contributed by atoms with Crippen LogP contribution in [0.4, 0.5) is 4.79 Å². The summed E-state index contributed by atoms with van der Waals surface area (Å²) in [4.78, 5) is 13.9. The van der Waals surface area contributed by atoms with Crippen molar-refractivity contribution < 1.29 is 4.79 Å². The van der Waals surface area contributed by atoms with E-state index in [0.29, 0.717) is 6.54 Å². The van der Waals surface area contributed by atoms with E-state index in [4.69, 9.17) is 0 Å². The SMILES string of the molecule is Cc1cccc(CCNC(=O)N2CCC(C)CC2)c1. The highest BCUT2D eigenvalue weighted by atomic mass is 16.2. The first-order valence-corrected chi connectivity index (χ1v) is 7.23. The summed E-state index contributed by atoms with van der Waals surface area (Å²) in [5.41, 5.74) is 2.56. The molecular formula is C16H24N2O. The van der Waals surface area contributed by atoms with E-state index in [-0.39, 0.29) is 6.03 Å². The maximum absolute atomic E-state index is 12.0. The smallest absolute Gasteiger partial charge is 0.317 e. The summed E-state index contributed by atoms with van der Waals surface area (Å²) >= 11 is 0. The third-order valence-corrected chi connectivity index (χ3v) is 3.84. The number of aryl methyl sites for hydroxylation is 1. The van der Waals surface area contributed by atoms with E-state index in [0.717, 1.165) is 38.3 Å². The maximum Gasteiger partial charge on any atom is 0.317 e. The number of hydrogen-bond donors (Lipinski definition) is 1. The fourth-order valence-corrected chi connectivity index (χ4v) is 2.50. The molecule has 1 aromatic rings. The molecule has 0 radical (unpaired) electrons. The minimum absolute atomic E-state index is 0.0968. The molecule has 0 spiro atoms. The van der Waals surface area contributed by atoms with Crippen LogP contribution in [0.15, 0.2) is 24.3 Å². The van der Waals surface area contributed by atoms with Crippen LogP contribution in [0.3, 0.4) is 0 Å². The van der Waals surface area contributed by atoms with E-state index in [1.807, 2.05) is 4.90 Å². The summed E-state index contributed by atoms with van der Waals surface area (Å²) in [6.07, 6.45) is 3.16. The van der Waals surface area contributed by atoms with E-state index in [2.05, 4.69) is 43.4 Å². The third kappa shape index (κ3) is 4.27. The minimum Gasteiger partial charge on any atom is -0.338 e. The van der Waals surface area contributed by atoms with Gasteiger partial charge in [-0.2, -0.15) is 0 Å². The molecule has 3 nitrogen and oxygen atoms in total. The van der Waals surface area contributed by atoms with Crippen molar-refractivity contribution in [3.05, 3.63) is 35.4 Å². The van der Waals surface area contributed by atoms with Crippen molar-refractivity contribution in [3.8, 4) is 0 Å². The highest BCUT2D eigenvalue weighted by molar-refractivity contribution is 5.74. The first-order valence-electron chi connectivity index (χ1n) is 7.23. The third-order valence-electron chi connectivity index (χ3n) is 3.84. The average Bonchev–Trinajstić information content (AvgIpc) is 2.39. The topological polar surface area (TPSA) is 32.3 Å². The zero-order valence-electron chi connectivity index (χ0n) is 12.0. The average molecular weight is 260 g/mol. The van der Waals surface area contributed by atoms with Gasteiger partial charge in [0.05, 0.1) is 0 Å². The number of nitrogens with zero attached hydrogens (tertiary/aromatic N) is 1. The van der Waals surface area contributed by atoms with Crippen LogP contribution in [0.25, 0.3) is 0 Å². The summed E-state index contributed by atoms with van der Waals surface area (Å²) in [6, 6.07) is 8.55. The van der Waals surface area contributed by atoms with Crippen LogP contribution < -0.4 is 5.32 Å². The van der Waals surface area contributed by atoms with Crippen LogP contribution in [0.5, 0.6) is 0 Å². The van der Waals surface area contributed by atoms with E-state index in [1.54, 1.807) is 0 Å². The van der Waals surface area contributed by atoms with Gasteiger partial charge in [0.25, 0.3) is 0 Å². The molecule has 0 bridgehead atoms. The molecule has 0 aromatic heterocycles. The van der Waals surface area contributed by atoms with Gasteiger partial charge in [0.15, 0.2) is 0 Å². The molecule has 0 saturated carbocycles. The lowest BCUT2D eigenvalue weighted by Gasteiger charge is -2.30. The van der Waals surface area contributed by atoms with Crippen LogP contribution in [0.1, 0.15) is 30.9 Å². The Hall–Kier alpha value is -1.51. The second kappa shape index (κ2) is 6.60. The first-order chi connectivity index (χ1) is 9.15. The van der Waals surface area contributed by atoms with Crippen molar-refractivity contribution in [1.82, 2.24) is 10.2 Å². The number of piperidine rings is 1.